The summed E-state index contributed by atoms with van der Waals surface area (Å²) in [6, 6.07) is 8.36. The van der Waals surface area contributed by atoms with E-state index in [1.807, 2.05) is 38.1 Å². The highest BCUT2D eigenvalue weighted by atomic mass is 16.5. The minimum atomic E-state index is -0.375. The Balaban J connectivity index is 1.88. The van der Waals surface area contributed by atoms with E-state index in [1.165, 1.54) is 12.1 Å². The second-order valence-corrected chi connectivity index (χ2v) is 6.28. The van der Waals surface area contributed by atoms with E-state index >= 15 is 0 Å². The topological polar surface area (TPSA) is 58.9 Å². The fourth-order valence-corrected chi connectivity index (χ4v) is 2.77. The molecule has 0 saturated carbocycles. The number of phenols is 1. The zero-order chi connectivity index (χ0) is 16.2. The zero-order valence-corrected chi connectivity index (χ0v) is 12.8. The number of rotatable bonds is 0. The van der Waals surface area contributed by atoms with Crippen LogP contribution in [0, 0.1) is 0 Å². The van der Waals surface area contributed by atoms with Crippen LogP contribution in [-0.2, 0) is 0 Å². The molecule has 2 aliphatic heterocycles. The number of hydrogen-bond acceptors (Lipinski definition) is 4. The second-order valence-electron chi connectivity index (χ2n) is 6.28. The third kappa shape index (κ3) is 2.32. The van der Waals surface area contributed by atoms with Crippen LogP contribution >= 0.6 is 0 Å². The summed E-state index contributed by atoms with van der Waals surface area (Å²) < 4.78 is 11.9. The number of aromatic hydroxyl groups is 1. The largest absolute Gasteiger partial charge is 0.508 e. The molecular weight excluding hydrogens is 292 g/mol. The van der Waals surface area contributed by atoms with Crippen LogP contribution in [0.1, 0.15) is 30.5 Å². The van der Waals surface area contributed by atoms with E-state index in [0.29, 0.717) is 17.1 Å². The first kappa shape index (κ1) is 13.8. The van der Waals surface area contributed by atoms with Crippen molar-refractivity contribution in [2.75, 3.05) is 0 Å². The Labute approximate surface area is 133 Å². The Morgan fingerprint density at radius 2 is 1.74 bits per heavy atom. The van der Waals surface area contributed by atoms with E-state index < -0.39 is 0 Å². The van der Waals surface area contributed by atoms with Gasteiger partial charge in [-0.3, -0.25) is 0 Å². The molecule has 0 fully saturated rings. The summed E-state index contributed by atoms with van der Waals surface area (Å²) in [7, 11) is 0. The third-order valence-corrected chi connectivity index (χ3v) is 3.93. The average Bonchev–Trinajstić information content (AvgIpc) is 2.59. The van der Waals surface area contributed by atoms with Crippen LogP contribution in [-0.4, -0.2) is 15.8 Å². The van der Waals surface area contributed by atoms with Gasteiger partial charge in [-0.25, -0.2) is 0 Å². The molecule has 0 atom stereocenters. The van der Waals surface area contributed by atoms with Crippen molar-refractivity contribution < 1.29 is 19.7 Å². The van der Waals surface area contributed by atoms with Gasteiger partial charge in [-0.05, 0) is 44.2 Å². The lowest BCUT2D eigenvalue weighted by Gasteiger charge is -2.28. The summed E-state index contributed by atoms with van der Waals surface area (Å²) in [5.41, 5.74) is 1.85. The van der Waals surface area contributed by atoms with Gasteiger partial charge in [-0.1, -0.05) is 6.08 Å². The molecule has 0 spiro atoms. The Morgan fingerprint density at radius 3 is 2.57 bits per heavy atom. The first-order chi connectivity index (χ1) is 10.9. The standard InChI is InChI=1S/C19H16O4/c1-19(2)6-5-11-7-12-8-15(21)14-4-3-13(20)9-18(14)22-16(12)10-17(11)23-19/h3-10,20-21H,1-2H3. The summed E-state index contributed by atoms with van der Waals surface area (Å²) in [6.07, 6.45) is 5.66. The van der Waals surface area contributed by atoms with Gasteiger partial charge in [-0.15, -0.1) is 0 Å². The van der Waals surface area contributed by atoms with E-state index in [1.54, 1.807) is 12.1 Å². The highest BCUT2D eigenvalue weighted by Gasteiger charge is 2.25. The number of fused-ring (bicyclic) bond motifs is 3. The predicted molar refractivity (Wildman–Crippen MR) is 88.9 cm³/mol. The van der Waals surface area contributed by atoms with Crippen LogP contribution in [0.15, 0.2) is 36.4 Å². The minimum Gasteiger partial charge on any atom is -0.508 e. The van der Waals surface area contributed by atoms with Gasteiger partial charge < -0.3 is 19.7 Å². The number of benzene rings is 2. The molecule has 0 aromatic heterocycles. The van der Waals surface area contributed by atoms with E-state index in [-0.39, 0.29) is 17.1 Å². The molecule has 0 aliphatic carbocycles. The molecule has 0 unspecified atom stereocenters. The monoisotopic (exact) mass is 308 g/mol. The van der Waals surface area contributed by atoms with Gasteiger partial charge in [-0.2, -0.15) is 0 Å². The van der Waals surface area contributed by atoms with Gasteiger partial charge in [0.05, 0.1) is 5.56 Å². The molecular formula is C19H16O4. The molecule has 2 N–H and O–H groups in total. The summed E-state index contributed by atoms with van der Waals surface area (Å²) >= 11 is 0. The van der Waals surface area contributed by atoms with Crippen molar-refractivity contribution in [1.29, 1.82) is 0 Å². The average molecular weight is 308 g/mol. The normalized spacial score (nSPS) is 16.9. The smallest absolute Gasteiger partial charge is 0.142 e. The lowest BCUT2D eigenvalue weighted by molar-refractivity contribution is 0.158. The van der Waals surface area contributed by atoms with Gasteiger partial charge in [0, 0.05) is 23.3 Å². The summed E-state index contributed by atoms with van der Waals surface area (Å²) in [6.45, 7) is 3.97. The van der Waals surface area contributed by atoms with Crippen LogP contribution in [0.2, 0.25) is 0 Å². The molecule has 4 nitrogen and oxygen atoms in total. The van der Waals surface area contributed by atoms with Gasteiger partial charge in [0.15, 0.2) is 0 Å². The van der Waals surface area contributed by atoms with Crippen molar-refractivity contribution in [1.82, 2.24) is 0 Å². The fourth-order valence-electron chi connectivity index (χ4n) is 2.77. The molecule has 0 radical (unpaired) electrons. The van der Waals surface area contributed by atoms with Crippen molar-refractivity contribution in [3.8, 4) is 23.0 Å². The lowest BCUT2D eigenvalue weighted by Crippen LogP contribution is -2.27. The Morgan fingerprint density at radius 1 is 0.913 bits per heavy atom. The van der Waals surface area contributed by atoms with Gasteiger partial charge >= 0.3 is 0 Å². The fraction of sp³-hybridized carbons (Fsp3) is 0.158. The maximum Gasteiger partial charge on any atom is 0.142 e. The van der Waals surface area contributed by atoms with E-state index in [9.17, 15) is 10.2 Å². The summed E-state index contributed by atoms with van der Waals surface area (Å²) in [4.78, 5) is 0. The van der Waals surface area contributed by atoms with Crippen molar-refractivity contribution in [2.24, 2.45) is 0 Å². The SMILES string of the molecule is CC1(C)C=Cc2cc3c(cc2O1)Oc1cc(O)ccc1C(O)=C3. The number of ether oxygens (including phenoxy) is 2. The van der Waals surface area contributed by atoms with Crippen molar-refractivity contribution in [3.63, 3.8) is 0 Å². The molecule has 4 rings (SSSR count). The molecule has 23 heavy (non-hydrogen) atoms. The number of hydrogen-bond donors (Lipinski definition) is 2. The molecule has 2 aromatic rings. The minimum absolute atomic E-state index is 0.0817. The van der Waals surface area contributed by atoms with E-state index in [2.05, 4.69) is 0 Å². The highest BCUT2D eigenvalue weighted by molar-refractivity contribution is 5.85. The maximum absolute atomic E-state index is 10.3. The third-order valence-electron chi connectivity index (χ3n) is 3.93. The second kappa shape index (κ2) is 4.56. The van der Waals surface area contributed by atoms with Gasteiger partial charge in [0.1, 0.15) is 34.4 Å². The molecule has 0 amide bonds. The van der Waals surface area contributed by atoms with E-state index in [4.69, 9.17) is 9.47 Å². The molecule has 4 heteroatoms. The van der Waals surface area contributed by atoms with Crippen LogP contribution in [0.25, 0.3) is 17.9 Å². The summed E-state index contributed by atoms with van der Waals surface area (Å²) in [5, 5.41) is 20.0. The quantitative estimate of drug-likeness (QED) is 0.738. The summed E-state index contributed by atoms with van der Waals surface area (Å²) in [5.74, 6) is 1.89. The molecule has 0 bridgehead atoms. The first-order valence-corrected chi connectivity index (χ1v) is 7.39. The van der Waals surface area contributed by atoms with Crippen LogP contribution < -0.4 is 9.47 Å². The number of phenolic OH excluding ortho intramolecular Hbond substituents is 1. The van der Waals surface area contributed by atoms with Crippen LogP contribution in [0.4, 0.5) is 0 Å². The predicted octanol–water partition coefficient (Wildman–Crippen LogP) is 4.74. The van der Waals surface area contributed by atoms with Gasteiger partial charge in [0.25, 0.3) is 0 Å². The maximum atomic E-state index is 10.3. The molecule has 0 saturated heterocycles. The van der Waals surface area contributed by atoms with Crippen molar-refractivity contribution >= 4 is 17.9 Å². The molecule has 2 heterocycles. The first-order valence-electron chi connectivity index (χ1n) is 7.39. The van der Waals surface area contributed by atoms with Crippen molar-refractivity contribution in [3.05, 3.63) is 53.1 Å². The molecule has 2 aliphatic rings. The Hall–Kier alpha value is -2.88. The van der Waals surface area contributed by atoms with Crippen molar-refractivity contribution in [2.45, 2.75) is 19.4 Å². The zero-order valence-electron chi connectivity index (χ0n) is 12.8. The number of aliphatic hydroxyl groups is 1. The van der Waals surface area contributed by atoms with Crippen LogP contribution in [0.3, 0.4) is 0 Å². The Kier molecular flexibility index (Phi) is 2.73. The number of aliphatic hydroxyl groups excluding tert-OH is 1. The molecule has 116 valence electrons. The van der Waals surface area contributed by atoms with Gasteiger partial charge in [0.2, 0.25) is 0 Å². The van der Waals surface area contributed by atoms with Crippen LogP contribution in [0.5, 0.6) is 23.0 Å². The molecule has 2 aromatic carbocycles. The lowest BCUT2D eigenvalue weighted by atomic mass is 10.00. The highest BCUT2D eigenvalue weighted by Crippen LogP contribution is 2.43. The Bertz CT molecular complexity index is 875. The van der Waals surface area contributed by atoms with E-state index in [0.717, 1.165) is 16.9 Å².